The summed E-state index contributed by atoms with van der Waals surface area (Å²) in [7, 11) is 3.63. The Balaban J connectivity index is 2.01. The number of amides is 1. The highest BCUT2D eigenvalue weighted by Gasteiger charge is 2.21. The average Bonchev–Trinajstić information content (AvgIpc) is 2.94. The van der Waals surface area contributed by atoms with Crippen LogP contribution in [0, 0.1) is 0 Å². The van der Waals surface area contributed by atoms with Gasteiger partial charge >= 0.3 is 0 Å². The minimum Gasteiger partial charge on any atom is -0.508 e. The van der Waals surface area contributed by atoms with Crippen molar-refractivity contribution in [2.24, 2.45) is 7.05 Å². The molecule has 3 aromatic rings. The number of aromatic nitrogens is 1. The molecule has 1 amide bonds. The summed E-state index contributed by atoms with van der Waals surface area (Å²) in [5.74, 6) is -0.513. The van der Waals surface area contributed by atoms with Crippen molar-refractivity contribution in [2.75, 3.05) is 11.9 Å². The van der Waals surface area contributed by atoms with E-state index in [2.05, 4.69) is 0 Å². The fourth-order valence-electron chi connectivity index (χ4n) is 2.99. The molecular weight excluding hydrogens is 316 g/mol. The van der Waals surface area contributed by atoms with Gasteiger partial charge in [0.05, 0.1) is 5.56 Å². The van der Waals surface area contributed by atoms with E-state index in [9.17, 15) is 15.0 Å². The van der Waals surface area contributed by atoms with Gasteiger partial charge in [0.2, 0.25) is 0 Å². The predicted octanol–water partition coefficient (Wildman–Crippen LogP) is 3.99. The molecule has 2 N–H and O–H groups in total. The van der Waals surface area contributed by atoms with Crippen LogP contribution in [0.3, 0.4) is 0 Å². The molecule has 5 heteroatoms. The van der Waals surface area contributed by atoms with Crippen LogP contribution >= 0.6 is 0 Å². The van der Waals surface area contributed by atoms with Crippen molar-refractivity contribution < 1.29 is 15.0 Å². The Morgan fingerprint density at radius 2 is 1.80 bits per heavy atom. The number of hydrogen-bond acceptors (Lipinski definition) is 3. The molecule has 130 valence electrons. The molecular formula is C20H22N2O3. The summed E-state index contributed by atoms with van der Waals surface area (Å²) in [5, 5.41) is 21.2. The average molecular weight is 338 g/mol. The summed E-state index contributed by atoms with van der Waals surface area (Å²) < 4.78 is 1.99. The monoisotopic (exact) mass is 338 g/mol. The summed E-state index contributed by atoms with van der Waals surface area (Å²) >= 11 is 0. The molecule has 0 radical (unpaired) electrons. The van der Waals surface area contributed by atoms with E-state index in [0.29, 0.717) is 5.56 Å². The fraction of sp³-hybridized carbons (Fsp3) is 0.250. The van der Waals surface area contributed by atoms with E-state index < -0.39 is 0 Å². The van der Waals surface area contributed by atoms with Gasteiger partial charge in [-0.3, -0.25) is 4.79 Å². The quantitative estimate of drug-likeness (QED) is 0.759. The first-order chi connectivity index (χ1) is 11.8. The first-order valence-corrected chi connectivity index (χ1v) is 8.18. The van der Waals surface area contributed by atoms with Crippen LogP contribution in [0.5, 0.6) is 11.5 Å². The largest absolute Gasteiger partial charge is 0.508 e. The number of aryl methyl sites for hydroxylation is 1. The standard InChI is InChI=1S/C20H22N2O3/c1-12(2)15-10-16(19(24)11-18(15)23)20(25)22(4)14-6-5-13-7-8-21(3)17(13)9-14/h5-12,23-24H,1-4H3. The summed E-state index contributed by atoms with van der Waals surface area (Å²) in [6.45, 7) is 3.85. The van der Waals surface area contributed by atoms with Crippen LogP contribution in [0.2, 0.25) is 0 Å². The van der Waals surface area contributed by atoms with E-state index in [1.807, 2.05) is 55.9 Å². The molecule has 0 saturated heterocycles. The second kappa shape index (κ2) is 6.16. The maximum Gasteiger partial charge on any atom is 0.261 e. The van der Waals surface area contributed by atoms with Crippen molar-refractivity contribution in [3.05, 3.63) is 53.7 Å². The molecule has 1 heterocycles. The van der Waals surface area contributed by atoms with Crippen LogP contribution in [-0.2, 0) is 7.05 Å². The molecule has 0 atom stereocenters. The van der Waals surface area contributed by atoms with Crippen LogP contribution < -0.4 is 4.90 Å². The van der Waals surface area contributed by atoms with Crippen LogP contribution in [0.4, 0.5) is 5.69 Å². The summed E-state index contributed by atoms with van der Waals surface area (Å²) in [6.07, 6.45) is 1.97. The van der Waals surface area contributed by atoms with Gasteiger partial charge in [-0.1, -0.05) is 19.9 Å². The van der Waals surface area contributed by atoms with Crippen molar-refractivity contribution >= 4 is 22.5 Å². The van der Waals surface area contributed by atoms with Gasteiger partial charge in [-0.15, -0.1) is 0 Å². The highest BCUT2D eigenvalue weighted by molar-refractivity contribution is 6.08. The number of benzene rings is 2. The molecule has 0 bridgehead atoms. The molecule has 0 aliphatic carbocycles. The number of hydrogen-bond donors (Lipinski definition) is 2. The van der Waals surface area contributed by atoms with Crippen LogP contribution in [-0.4, -0.2) is 27.7 Å². The van der Waals surface area contributed by atoms with Gasteiger partial charge < -0.3 is 19.7 Å². The van der Waals surface area contributed by atoms with Gasteiger partial charge in [0, 0.05) is 37.6 Å². The zero-order valence-electron chi connectivity index (χ0n) is 14.8. The smallest absolute Gasteiger partial charge is 0.261 e. The predicted molar refractivity (Wildman–Crippen MR) is 99.5 cm³/mol. The third-order valence-electron chi connectivity index (χ3n) is 4.56. The molecule has 0 spiro atoms. The van der Waals surface area contributed by atoms with Gasteiger partial charge in [0.25, 0.3) is 5.91 Å². The van der Waals surface area contributed by atoms with Crippen LogP contribution in [0.25, 0.3) is 10.9 Å². The zero-order valence-corrected chi connectivity index (χ0v) is 14.8. The van der Waals surface area contributed by atoms with Crippen LogP contribution in [0.15, 0.2) is 42.6 Å². The summed E-state index contributed by atoms with van der Waals surface area (Å²) in [6, 6.07) is 10.6. The third kappa shape index (κ3) is 2.93. The van der Waals surface area contributed by atoms with Gasteiger partial charge in [-0.05, 0) is 41.1 Å². The molecule has 0 aliphatic heterocycles. The Morgan fingerprint density at radius 1 is 1.08 bits per heavy atom. The van der Waals surface area contributed by atoms with E-state index in [1.54, 1.807) is 13.1 Å². The minimum absolute atomic E-state index is 0.00284. The Labute approximate surface area is 146 Å². The van der Waals surface area contributed by atoms with Gasteiger partial charge in [-0.25, -0.2) is 0 Å². The number of rotatable bonds is 3. The van der Waals surface area contributed by atoms with Crippen molar-refractivity contribution in [2.45, 2.75) is 19.8 Å². The number of aromatic hydroxyl groups is 2. The lowest BCUT2D eigenvalue weighted by atomic mass is 9.98. The molecule has 0 fully saturated rings. The first kappa shape index (κ1) is 16.9. The number of anilines is 1. The maximum atomic E-state index is 12.9. The van der Waals surface area contributed by atoms with Gasteiger partial charge in [0.15, 0.2) is 0 Å². The topological polar surface area (TPSA) is 65.7 Å². The minimum atomic E-state index is -0.326. The molecule has 0 unspecified atom stereocenters. The van der Waals surface area contributed by atoms with Gasteiger partial charge in [0.1, 0.15) is 11.5 Å². The number of phenolic OH excluding ortho intramolecular Hbond substituents is 2. The highest BCUT2D eigenvalue weighted by Crippen LogP contribution is 2.33. The van der Waals surface area contributed by atoms with E-state index >= 15 is 0 Å². The lowest BCUT2D eigenvalue weighted by Crippen LogP contribution is -2.26. The second-order valence-corrected chi connectivity index (χ2v) is 6.62. The number of fused-ring (bicyclic) bond motifs is 1. The first-order valence-electron chi connectivity index (χ1n) is 8.18. The SMILES string of the molecule is CC(C)c1cc(C(=O)N(C)c2ccc3ccn(C)c3c2)c(O)cc1O. The lowest BCUT2D eigenvalue weighted by Gasteiger charge is -2.20. The molecule has 25 heavy (non-hydrogen) atoms. The Kier molecular flexibility index (Phi) is 4.17. The third-order valence-corrected chi connectivity index (χ3v) is 4.56. The molecule has 0 aliphatic rings. The summed E-state index contributed by atoms with van der Waals surface area (Å²) in [4.78, 5) is 14.4. The zero-order chi connectivity index (χ0) is 18.3. The molecule has 1 aromatic heterocycles. The normalized spacial score (nSPS) is 11.2. The summed E-state index contributed by atoms with van der Waals surface area (Å²) in [5.41, 5.74) is 2.57. The molecule has 5 nitrogen and oxygen atoms in total. The van der Waals surface area contributed by atoms with E-state index in [1.165, 1.54) is 11.0 Å². The van der Waals surface area contributed by atoms with E-state index in [4.69, 9.17) is 0 Å². The van der Waals surface area contributed by atoms with Crippen molar-refractivity contribution in [3.63, 3.8) is 0 Å². The number of phenols is 2. The Morgan fingerprint density at radius 3 is 2.48 bits per heavy atom. The molecule has 0 saturated carbocycles. The highest BCUT2D eigenvalue weighted by atomic mass is 16.3. The van der Waals surface area contributed by atoms with E-state index in [-0.39, 0.29) is 28.9 Å². The number of carbonyl (C=O) groups excluding carboxylic acids is 1. The Bertz CT molecular complexity index is 957. The molecule has 3 rings (SSSR count). The Hall–Kier alpha value is -2.95. The number of nitrogens with zero attached hydrogens (tertiary/aromatic N) is 2. The van der Waals surface area contributed by atoms with E-state index in [0.717, 1.165) is 16.6 Å². The van der Waals surface area contributed by atoms with Gasteiger partial charge in [-0.2, -0.15) is 0 Å². The number of carbonyl (C=O) groups is 1. The fourth-order valence-corrected chi connectivity index (χ4v) is 2.99. The van der Waals surface area contributed by atoms with Crippen molar-refractivity contribution in [3.8, 4) is 11.5 Å². The molecule has 2 aromatic carbocycles. The second-order valence-electron chi connectivity index (χ2n) is 6.62. The van der Waals surface area contributed by atoms with Crippen LogP contribution in [0.1, 0.15) is 35.7 Å². The maximum absolute atomic E-state index is 12.9. The van der Waals surface area contributed by atoms with Crippen molar-refractivity contribution in [1.82, 2.24) is 4.57 Å². The lowest BCUT2D eigenvalue weighted by molar-refractivity contribution is 0.0990. The van der Waals surface area contributed by atoms with Crippen molar-refractivity contribution in [1.29, 1.82) is 0 Å².